The minimum Gasteiger partial charge on any atom is -0.463 e. The van der Waals surface area contributed by atoms with E-state index < -0.39 is 70.9 Å². The number of hydrogen-bond donors (Lipinski definition) is 1. The van der Waals surface area contributed by atoms with Gasteiger partial charge in [0.1, 0.15) is 12.7 Å². The van der Waals surface area contributed by atoms with Gasteiger partial charge in [-0.1, -0.05) is 89.4 Å². The molecule has 1 aliphatic rings. The van der Waals surface area contributed by atoms with Crippen LogP contribution >= 0.6 is 34.8 Å². The van der Waals surface area contributed by atoms with Gasteiger partial charge in [0, 0.05) is 6.92 Å². The van der Waals surface area contributed by atoms with Gasteiger partial charge in [-0.3, -0.25) is 10.2 Å². The Morgan fingerprint density at radius 1 is 0.667 bits per heavy atom. The van der Waals surface area contributed by atoms with Gasteiger partial charge >= 0.3 is 23.9 Å². The molecular formula is C31H26Cl3NO10. The third-order valence-corrected chi connectivity index (χ3v) is 6.81. The van der Waals surface area contributed by atoms with Crippen molar-refractivity contribution in [2.45, 2.75) is 41.4 Å². The molecular weight excluding hydrogens is 653 g/mol. The topological polar surface area (TPSA) is 148 Å². The number of halogens is 3. The predicted molar refractivity (Wildman–Crippen MR) is 161 cm³/mol. The molecule has 3 aromatic rings. The number of hydrogen-bond acceptors (Lipinski definition) is 11. The first-order valence-electron chi connectivity index (χ1n) is 13.3. The van der Waals surface area contributed by atoms with E-state index in [1.54, 1.807) is 54.6 Å². The van der Waals surface area contributed by atoms with Crippen molar-refractivity contribution in [1.29, 1.82) is 5.41 Å². The number of nitrogens with one attached hydrogen (secondary N) is 1. The molecule has 236 valence electrons. The first kappa shape index (κ1) is 33.7. The molecule has 0 unspecified atom stereocenters. The molecule has 0 radical (unpaired) electrons. The zero-order valence-corrected chi connectivity index (χ0v) is 25.7. The standard InChI is InChI=1S/C31H26Cl3NO10/c1-18(36)40-17-22-23(42-26(37)19-11-5-2-6-12-19)24(43-27(38)20-13-7-3-8-14-20)25(29(41-22)45-30(35)31(32,33)34)44-28(39)21-15-9-4-10-16-21/h2-16,22-25,29,35H,17H2,1H3/t22-,23-,24+,25+,29-/m1/s1. The maximum absolute atomic E-state index is 13.4. The second-order valence-electron chi connectivity index (χ2n) is 9.50. The van der Waals surface area contributed by atoms with Crippen LogP contribution in [0.2, 0.25) is 0 Å². The molecule has 1 saturated heterocycles. The summed E-state index contributed by atoms with van der Waals surface area (Å²) in [6.45, 7) is 0.597. The van der Waals surface area contributed by atoms with Crippen molar-refractivity contribution in [3.05, 3.63) is 108 Å². The average molecular weight is 679 g/mol. The second-order valence-corrected chi connectivity index (χ2v) is 11.8. The summed E-state index contributed by atoms with van der Waals surface area (Å²) in [4.78, 5) is 51.8. The van der Waals surface area contributed by atoms with E-state index in [1.807, 2.05) is 0 Å². The number of alkyl halides is 3. The quantitative estimate of drug-likeness (QED) is 0.104. The highest BCUT2D eigenvalue weighted by Gasteiger charge is 2.55. The monoisotopic (exact) mass is 677 g/mol. The highest BCUT2D eigenvalue weighted by Crippen LogP contribution is 2.34. The van der Waals surface area contributed by atoms with Gasteiger partial charge in [-0.2, -0.15) is 0 Å². The van der Waals surface area contributed by atoms with Gasteiger partial charge in [0.05, 0.1) is 16.7 Å². The lowest BCUT2D eigenvalue weighted by Gasteiger charge is -2.44. The summed E-state index contributed by atoms with van der Waals surface area (Å²) < 4.78 is 31.6. The van der Waals surface area contributed by atoms with Crippen molar-refractivity contribution < 1.29 is 47.6 Å². The molecule has 3 aromatic carbocycles. The molecule has 1 heterocycles. The molecule has 0 saturated carbocycles. The Balaban J connectivity index is 1.80. The lowest BCUT2D eigenvalue weighted by atomic mass is 9.97. The van der Waals surface area contributed by atoms with Crippen molar-refractivity contribution in [3.63, 3.8) is 0 Å². The molecule has 1 N–H and O–H groups in total. The van der Waals surface area contributed by atoms with Crippen molar-refractivity contribution in [2.75, 3.05) is 6.61 Å². The normalized spacial score (nSPS) is 21.1. The highest BCUT2D eigenvalue weighted by atomic mass is 35.6. The van der Waals surface area contributed by atoms with Crippen molar-refractivity contribution in [3.8, 4) is 0 Å². The maximum Gasteiger partial charge on any atom is 0.338 e. The van der Waals surface area contributed by atoms with Crippen molar-refractivity contribution >= 4 is 64.6 Å². The Bertz CT molecular complexity index is 1500. The SMILES string of the molecule is CC(=O)OC[C@H]1O[C@H](OC(=N)C(Cl)(Cl)Cl)[C@@H](OC(=O)c2ccccc2)[C@@H](OC(=O)c2ccccc2)[C@@H]1OC(=O)c1ccccc1. The molecule has 0 bridgehead atoms. The van der Waals surface area contributed by atoms with E-state index in [4.69, 9.17) is 68.6 Å². The van der Waals surface area contributed by atoms with Crippen LogP contribution in [0.15, 0.2) is 91.0 Å². The van der Waals surface area contributed by atoms with Crippen LogP contribution in [0, 0.1) is 5.41 Å². The van der Waals surface area contributed by atoms with Crippen LogP contribution in [0.3, 0.4) is 0 Å². The zero-order chi connectivity index (χ0) is 32.6. The number of rotatable bonds is 9. The Labute approximate surface area is 272 Å². The fourth-order valence-electron chi connectivity index (χ4n) is 4.19. The number of benzene rings is 3. The van der Waals surface area contributed by atoms with Gasteiger partial charge in [-0.15, -0.1) is 0 Å². The van der Waals surface area contributed by atoms with Crippen molar-refractivity contribution in [2.24, 2.45) is 0 Å². The Morgan fingerprint density at radius 2 is 1.07 bits per heavy atom. The number of carbonyl (C=O) groups is 4. The third-order valence-electron chi connectivity index (χ3n) is 6.29. The van der Waals surface area contributed by atoms with E-state index in [0.29, 0.717) is 0 Å². The van der Waals surface area contributed by atoms with Crippen LogP contribution in [0.25, 0.3) is 0 Å². The summed E-state index contributed by atoms with van der Waals surface area (Å²) in [7, 11) is 0. The average Bonchev–Trinajstić information content (AvgIpc) is 3.03. The van der Waals surface area contributed by atoms with Gasteiger partial charge in [0.2, 0.25) is 18.3 Å². The van der Waals surface area contributed by atoms with Crippen LogP contribution in [0.1, 0.15) is 38.0 Å². The molecule has 5 atom stereocenters. The lowest BCUT2D eigenvalue weighted by molar-refractivity contribution is -0.280. The molecule has 1 fully saturated rings. The molecule has 0 spiro atoms. The molecule has 45 heavy (non-hydrogen) atoms. The fraction of sp³-hybridized carbons (Fsp3) is 0.258. The lowest BCUT2D eigenvalue weighted by Crippen LogP contribution is -2.63. The largest absolute Gasteiger partial charge is 0.463 e. The van der Waals surface area contributed by atoms with E-state index in [2.05, 4.69) is 0 Å². The maximum atomic E-state index is 13.4. The summed E-state index contributed by atoms with van der Waals surface area (Å²) in [6.07, 6.45) is -8.13. The Morgan fingerprint density at radius 3 is 1.47 bits per heavy atom. The Kier molecular flexibility index (Phi) is 11.4. The van der Waals surface area contributed by atoms with Gasteiger partial charge in [0.25, 0.3) is 3.79 Å². The van der Waals surface area contributed by atoms with Gasteiger partial charge in [0.15, 0.2) is 12.2 Å². The zero-order valence-electron chi connectivity index (χ0n) is 23.5. The predicted octanol–water partition coefficient (Wildman–Crippen LogP) is 5.32. The van der Waals surface area contributed by atoms with E-state index in [0.717, 1.165) is 6.92 Å². The van der Waals surface area contributed by atoms with E-state index in [-0.39, 0.29) is 16.7 Å². The Hall–Kier alpha value is -4.16. The molecule has 4 rings (SSSR count). The minimum atomic E-state index is -2.38. The number of ether oxygens (including phenoxy) is 6. The first-order valence-corrected chi connectivity index (χ1v) is 14.5. The third kappa shape index (κ3) is 9.18. The molecule has 1 aliphatic heterocycles. The molecule has 0 amide bonds. The summed E-state index contributed by atoms with van der Waals surface area (Å²) in [5.41, 5.74) is 0.333. The smallest absolute Gasteiger partial charge is 0.338 e. The summed E-state index contributed by atoms with van der Waals surface area (Å²) in [6, 6.07) is 23.5. The summed E-state index contributed by atoms with van der Waals surface area (Å²) >= 11 is 17.6. The van der Waals surface area contributed by atoms with Gasteiger partial charge in [-0.05, 0) is 36.4 Å². The summed E-state index contributed by atoms with van der Waals surface area (Å²) in [5, 5.41) is 8.15. The van der Waals surface area contributed by atoms with E-state index in [9.17, 15) is 19.2 Å². The van der Waals surface area contributed by atoms with E-state index in [1.165, 1.54) is 36.4 Å². The van der Waals surface area contributed by atoms with Crippen LogP contribution in [-0.2, 0) is 33.2 Å². The van der Waals surface area contributed by atoms with Crippen LogP contribution in [0.4, 0.5) is 0 Å². The van der Waals surface area contributed by atoms with Crippen LogP contribution in [-0.4, -0.2) is 70.9 Å². The summed E-state index contributed by atoms with van der Waals surface area (Å²) in [5.74, 6) is -4.32. The van der Waals surface area contributed by atoms with Crippen LogP contribution < -0.4 is 0 Å². The minimum absolute atomic E-state index is 0.0979. The molecule has 0 aliphatic carbocycles. The van der Waals surface area contributed by atoms with Gasteiger partial charge in [-0.25, -0.2) is 14.4 Å². The highest BCUT2D eigenvalue weighted by molar-refractivity contribution is 6.76. The fourth-order valence-corrected chi connectivity index (χ4v) is 4.32. The van der Waals surface area contributed by atoms with Gasteiger partial charge < -0.3 is 28.4 Å². The second kappa shape index (κ2) is 15.2. The number of esters is 4. The molecule has 11 nitrogen and oxygen atoms in total. The number of carbonyl (C=O) groups excluding carboxylic acids is 4. The van der Waals surface area contributed by atoms with Crippen LogP contribution in [0.5, 0.6) is 0 Å². The molecule has 0 aromatic heterocycles. The molecule has 14 heteroatoms. The van der Waals surface area contributed by atoms with Crippen molar-refractivity contribution in [1.82, 2.24) is 0 Å². The first-order chi connectivity index (χ1) is 21.4. The van der Waals surface area contributed by atoms with E-state index >= 15 is 0 Å².